The smallest absolute Gasteiger partial charge is 0.409 e. The maximum atomic E-state index is 11.8. The fraction of sp³-hybridized carbons (Fsp3) is 0.389. The standard InChI is InChI=1S/C18H20N4O3/c1-3-25-18(23)22-8-6-21(7-9-22)17-14(12-19)10-13-11-15(24-2)4-5-16(13)20-17/h4-5,10-11H,3,6-9H2,1-2H3. The summed E-state index contributed by atoms with van der Waals surface area (Å²) in [7, 11) is 1.61. The van der Waals surface area contributed by atoms with Crippen LogP contribution in [0.15, 0.2) is 24.3 Å². The molecule has 7 heteroatoms. The summed E-state index contributed by atoms with van der Waals surface area (Å²) in [5.41, 5.74) is 1.33. The summed E-state index contributed by atoms with van der Waals surface area (Å²) in [6.45, 7) is 4.48. The van der Waals surface area contributed by atoms with Crippen LogP contribution in [0.3, 0.4) is 0 Å². The third-order valence-electron chi connectivity index (χ3n) is 4.23. The molecule has 1 aliphatic rings. The number of hydrogen-bond acceptors (Lipinski definition) is 6. The zero-order valence-corrected chi connectivity index (χ0v) is 14.4. The quantitative estimate of drug-likeness (QED) is 0.854. The normalized spacial score (nSPS) is 14.3. The Hall–Kier alpha value is -3.01. The van der Waals surface area contributed by atoms with Gasteiger partial charge in [-0.15, -0.1) is 0 Å². The molecule has 0 bridgehead atoms. The molecule has 2 heterocycles. The molecule has 1 aromatic carbocycles. The molecule has 7 nitrogen and oxygen atoms in total. The van der Waals surface area contributed by atoms with E-state index in [2.05, 4.69) is 11.1 Å². The number of benzene rings is 1. The molecule has 3 rings (SSSR count). The van der Waals surface area contributed by atoms with Crippen LogP contribution in [0.25, 0.3) is 10.9 Å². The average molecular weight is 340 g/mol. The van der Waals surface area contributed by atoms with Crippen LogP contribution < -0.4 is 9.64 Å². The zero-order chi connectivity index (χ0) is 17.8. The van der Waals surface area contributed by atoms with E-state index in [0.29, 0.717) is 44.2 Å². The van der Waals surface area contributed by atoms with Crippen LogP contribution in [0.2, 0.25) is 0 Å². The van der Waals surface area contributed by atoms with Gasteiger partial charge >= 0.3 is 6.09 Å². The highest BCUT2D eigenvalue weighted by Gasteiger charge is 2.24. The van der Waals surface area contributed by atoms with Crippen molar-refractivity contribution in [2.75, 3.05) is 44.8 Å². The molecule has 2 aromatic rings. The molecule has 1 saturated heterocycles. The number of carbonyl (C=O) groups excluding carboxylic acids is 1. The minimum Gasteiger partial charge on any atom is -0.497 e. The van der Waals surface area contributed by atoms with Crippen LogP contribution in [0.1, 0.15) is 12.5 Å². The van der Waals surface area contributed by atoms with Crippen LogP contribution in [0.5, 0.6) is 5.75 Å². The highest BCUT2D eigenvalue weighted by Crippen LogP contribution is 2.26. The zero-order valence-electron chi connectivity index (χ0n) is 14.4. The molecule has 0 unspecified atom stereocenters. The second-order valence-corrected chi connectivity index (χ2v) is 5.70. The van der Waals surface area contributed by atoms with Crippen molar-refractivity contribution >= 4 is 22.8 Å². The van der Waals surface area contributed by atoms with E-state index in [9.17, 15) is 10.1 Å². The van der Waals surface area contributed by atoms with E-state index in [1.54, 1.807) is 18.9 Å². The van der Waals surface area contributed by atoms with E-state index < -0.39 is 0 Å². The van der Waals surface area contributed by atoms with E-state index in [1.165, 1.54) is 0 Å². The van der Waals surface area contributed by atoms with Crippen LogP contribution in [0.4, 0.5) is 10.6 Å². The number of nitriles is 1. The lowest BCUT2D eigenvalue weighted by atomic mass is 10.1. The van der Waals surface area contributed by atoms with Gasteiger partial charge in [0.1, 0.15) is 17.6 Å². The molecule has 130 valence electrons. The maximum Gasteiger partial charge on any atom is 0.409 e. The Morgan fingerprint density at radius 3 is 2.68 bits per heavy atom. The van der Waals surface area contributed by atoms with Crippen LogP contribution in [0, 0.1) is 11.3 Å². The molecule has 0 aliphatic carbocycles. The van der Waals surface area contributed by atoms with Gasteiger partial charge in [-0.1, -0.05) is 0 Å². The molecule has 0 radical (unpaired) electrons. The van der Waals surface area contributed by atoms with Gasteiger partial charge < -0.3 is 19.3 Å². The second kappa shape index (κ2) is 7.26. The van der Waals surface area contributed by atoms with Gasteiger partial charge in [0.15, 0.2) is 0 Å². The van der Waals surface area contributed by atoms with Gasteiger partial charge in [-0.05, 0) is 31.2 Å². The number of carbonyl (C=O) groups is 1. The SMILES string of the molecule is CCOC(=O)N1CCN(c2nc3ccc(OC)cc3cc2C#N)CC1. The molecular weight excluding hydrogens is 320 g/mol. The van der Waals surface area contributed by atoms with E-state index in [-0.39, 0.29) is 6.09 Å². The van der Waals surface area contributed by atoms with Gasteiger partial charge in [0.05, 0.1) is 24.8 Å². The molecule has 0 saturated carbocycles. The van der Waals surface area contributed by atoms with Crippen molar-refractivity contribution in [2.45, 2.75) is 6.92 Å². The van der Waals surface area contributed by atoms with Gasteiger partial charge in [0.2, 0.25) is 0 Å². The van der Waals surface area contributed by atoms with E-state index >= 15 is 0 Å². The number of rotatable bonds is 3. The maximum absolute atomic E-state index is 11.8. The fourth-order valence-corrected chi connectivity index (χ4v) is 2.91. The minimum atomic E-state index is -0.291. The van der Waals surface area contributed by atoms with Gasteiger partial charge in [0, 0.05) is 31.6 Å². The Labute approximate surface area is 146 Å². The lowest BCUT2D eigenvalue weighted by Crippen LogP contribution is -2.49. The number of hydrogen-bond donors (Lipinski definition) is 0. The molecule has 0 N–H and O–H groups in total. The number of pyridine rings is 1. The first-order valence-electron chi connectivity index (χ1n) is 8.21. The molecule has 0 atom stereocenters. The summed E-state index contributed by atoms with van der Waals surface area (Å²) in [5, 5.41) is 10.4. The third kappa shape index (κ3) is 3.43. The van der Waals surface area contributed by atoms with Crippen LogP contribution in [-0.2, 0) is 4.74 Å². The van der Waals surface area contributed by atoms with Crippen molar-refractivity contribution in [1.29, 1.82) is 5.26 Å². The lowest BCUT2D eigenvalue weighted by Gasteiger charge is -2.35. The van der Waals surface area contributed by atoms with E-state index in [0.717, 1.165) is 16.7 Å². The molecule has 1 aromatic heterocycles. The largest absolute Gasteiger partial charge is 0.497 e. The monoisotopic (exact) mass is 340 g/mol. The number of fused-ring (bicyclic) bond motifs is 1. The van der Waals surface area contributed by atoms with Crippen molar-refractivity contribution in [2.24, 2.45) is 0 Å². The van der Waals surface area contributed by atoms with Gasteiger partial charge in [-0.25, -0.2) is 9.78 Å². The summed E-state index contributed by atoms with van der Waals surface area (Å²) in [6.07, 6.45) is -0.291. The molecule has 25 heavy (non-hydrogen) atoms. The van der Waals surface area contributed by atoms with E-state index in [4.69, 9.17) is 9.47 Å². The fourth-order valence-electron chi connectivity index (χ4n) is 2.91. The number of ether oxygens (including phenoxy) is 2. The second-order valence-electron chi connectivity index (χ2n) is 5.70. The van der Waals surface area contributed by atoms with Crippen LogP contribution >= 0.6 is 0 Å². The van der Waals surface area contributed by atoms with Crippen molar-refractivity contribution in [1.82, 2.24) is 9.88 Å². The van der Waals surface area contributed by atoms with Gasteiger partial charge in [0.25, 0.3) is 0 Å². The summed E-state index contributed by atoms with van der Waals surface area (Å²) in [5.74, 6) is 1.39. The number of amides is 1. The Morgan fingerprint density at radius 1 is 1.28 bits per heavy atom. The first-order valence-corrected chi connectivity index (χ1v) is 8.21. The molecular formula is C18H20N4O3. The summed E-state index contributed by atoms with van der Waals surface area (Å²) in [4.78, 5) is 20.2. The predicted octanol–water partition coefficient (Wildman–Crippen LogP) is 2.39. The lowest BCUT2D eigenvalue weighted by molar-refractivity contribution is 0.105. The van der Waals surface area contributed by atoms with Gasteiger partial charge in [-0.2, -0.15) is 5.26 Å². The van der Waals surface area contributed by atoms with Crippen molar-refractivity contribution in [3.63, 3.8) is 0 Å². The minimum absolute atomic E-state index is 0.291. The average Bonchev–Trinajstić information content (AvgIpc) is 2.66. The molecule has 1 fully saturated rings. The van der Waals surface area contributed by atoms with Crippen molar-refractivity contribution in [3.05, 3.63) is 29.8 Å². The highest BCUT2D eigenvalue weighted by molar-refractivity contribution is 5.84. The Bertz CT molecular complexity index is 823. The number of nitrogens with zero attached hydrogens (tertiary/aromatic N) is 4. The number of aromatic nitrogens is 1. The third-order valence-corrected chi connectivity index (χ3v) is 4.23. The van der Waals surface area contributed by atoms with E-state index in [1.807, 2.05) is 29.2 Å². The first-order chi connectivity index (χ1) is 12.2. The molecule has 0 spiro atoms. The predicted molar refractivity (Wildman–Crippen MR) is 93.8 cm³/mol. The number of anilines is 1. The topological polar surface area (TPSA) is 78.7 Å². The molecule has 1 amide bonds. The summed E-state index contributed by atoms with van der Waals surface area (Å²) < 4.78 is 10.3. The van der Waals surface area contributed by atoms with Crippen molar-refractivity contribution in [3.8, 4) is 11.8 Å². The van der Waals surface area contributed by atoms with Gasteiger partial charge in [-0.3, -0.25) is 0 Å². The Morgan fingerprint density at radius 2 is 2.04 bits per heavy atom. The molecule has 1 aliphatic heterocycles. The van der Waals surface area contributed by atoms with Crippen molar-refractivity contribution < 1.29 is 14.3 Å². The Kier molecular flexibility index (Phi) is 4.89. The summed E-state index contributed by atoms with van der Waals surface area (Å²) in [6, 6.07) is 9.66. The number of piperazine rings is 1. The van der Waals surface area contributed by atoms with Crippen LogP contribution in [-0.4, -0.2) is 55.9 Å². The Balaban J connectivity index is 1.84. The first kappa shape index (κ1) is 16.8. The highest BCUT2D eigenvalue weighted by atomic mass is 16.6. The number of methoxy groups -OCH3 is 1. The summed E-state index contributed by atoms with van der Waals surface area (Å²) >= 11 is 0.